The summed E-state index contributed by atoms with van der Waals surface area (Å²) in [6.07, 6.45) is 0.0680. The molecule has 0 aliphatic heterocycles. The molecule has 3 nitrogen and oxygen atoms in total. The summed E-state index contributed by atoms with van der Waals surface area (Å²) >= 11 is 1.40. The van der Waals surface area contributed by atoms with E-state index < -0.39 is 29.1 Å². The normalized spacial score (nSPS) is 12.0. The Bertz CT molecular complexity index is 635. The van der Waals surface area contributed by atoms with Crippen LogP contribution in [0.4, 0.5) is 8.78 Å². The molecule has 1 aromatic carbocycles. The maximum absolute atomic E-state index is 13.5. The maximum atomic E-state index is 13.5. The fourth-order valence-corrected chi connectivity index (χ4v) is 2.54. The maximum Gasteiger partial charge on any atom is 0.257 e. The van der Waals surface area contributed by atoms with E-state index in [4.69, 9.17) is 0 Å². The van der Waals surface area contributed by atoms with Crippen LogP contribution in [0.5, 0.6) is 0 Å². The van der Waals surface area contributed by atoms with E-state index in [1.807, 2.05) is 0 Å². The Balaban J connectivity index is 2.01. The average Bonchev–Trinajstić information content (AvgIpc) is 2.91. The molecule has 0 spiro atoms. The smallest absolute Gasteiger partial charge is 0.257 e. The SMILES string of the molecule is CC(CC(=O)c1ccsc1)NC(=O)c1c(F)cccc1F. The molecular formula is C15H13F2NO2S. The van der Waals surface area contributed by atoms with Crippen molar-refractivity contribution in [3.63, 3.8) is 0 Å². The van der Waals surface area contributed by atoms with Crippen LogP contribution in [0.1, 0.15) is 34.1 Å². The van der Waals surface area contributed by atoms with Gasteiger partial charge in [-0.3, -0.25) is 9.59 Å². The van der Waals surface area contributed by atoms with Gasteiger partial charge in [0.15, 0.2) is 5.78 Å². The van der Waals surface area contributed by atoms with E-state index in [0.29, 0.717) is 5.56 Å². The summed E-state index contributed by atoms with van der Waals surface area (Å²) in [4.78, 5) is 23.7. The first-order valence-electron chi connectivity index (χ1n) is 6.29. The molecule has 0 aliphatic rings. The molecule has 110 valence electrons. The van der Waals surface area contributed by atoms with Gasteiger partial charge in [-0.15, -0.1) is 0 Å². The topological polar surface area (TPSA) is 46.2 Å². The van der Waals surface area contributed by atoms with E-state index in [0.717, 1.165) is 12.1 Å². The zero-order chi connectivity index (χ0) is 15.4. The number of benzene rings is 1. The summed E-state index contributed by atoms with van der Waals surface area (Å²) < 4.78 is 26.9. The molecule has 0 saturated heterocycles. The van der Waals surface area contributed by atoms with Gasteiger partial charge in [-0.25, -0.2) is 8.78 Å². The number of carbonyl (C=O) groups is 2. The van der Waals surface area contributed by atoms with Crippen LogP contribution >= 0.6 is 11.3 Å². The van der Waals surface area contributed by atoms with Crippen molar-refractivity contribution >= 4 is 23.0 Å². The van der Waals surface area contributed by atoms with Crippen LogP contribution in [-0.2, 0) is 0 Å². The molecule has 2 rings (SSSR count). The minimum Gasteiger partial charge on any atom is -0.349 e. The van der Waals surface area contributed by atoms with E-state index in [9.17, 15) is 18.4 Å². The van der Waals surface area contributed by atoms with E-state index in [-0.39, 0.29) is 12.2 Å². The van der Waals surface area contributed by atoms with Gasteiger partial charge in [0.2, 0.25) is 0 Å². The molecule has 0 saturated carbocycles. The van der Waals surface area contributed by atoms with Crippen molar-refractivity contribution in [3.8, 4) is 0 Å². The van der Waals surface area contributed by atoms with Gasteiger partial charge < -0.3 is 5.32 Å². The van der Waals surface area contributed by atoms with Gasteiger partial charge in [-0.05, 0) is 30.5 Å². The Morgan fingerprint density at radius 2 is 1.90 bits per heavy atom. The molecule has 21 heavy (non-hydrogen) atoms. The number of ketones is 1. The zero-order valence-electron chi connectivity index (χ0n) is 11.2. The number of hydrogen-bond donors (Lipinski definition) is 1. The van der Waals surface area contributed by atoms with E-state index in [1.165, 1.54) is 17.4 Å². The van der Waals surface area contributed by atoms with Gasteiger partial charge in [-0.2, -0.15) is 11.3 Å². The number of Topliss-reactive ketones (excluding diaryl/α,β-unsaturated/α-hetero) is 1. The van der Waals surface area contributed by atoms with Crippen LogP contribution in [-0.4, -0.2) is 17.7 Å². The lowest BCUT2D eigenvalue weighted by Gasteiger charge is -2.13. The second-order valence-electron chi connectivity index (χ2n) is 4.61. The molecule has 1 amide bonds. The second-order valence-corrected chi connectivity index (χ2v) is 5.39. The Labute approximate surface area is 124 Å². The predicted octanol–water partition coefficient (Wildman–Crippen LogP) is 3.42. The molecule has 1 unspecified atom stereocenters. The van der Waals surface area contributed by atoms with Gasteiger partial charge in [0.25, 0.3) is 5.91 Å². The average molecular weight is 309 g/mol. The predicted molar refractivity (Wildman–Crippen MR) is 76.6 cm³/mol. The Kier molecular flexibility index (Phi) is 4.80. The third-order valence-electron chi connectivity index (χ3n) is 2.90. The highest BCUT2D eigenvalue weighted by Crippen LogP contribution is 2.13. The molecule has 0 aliphatic carbocycles. The number of halogens is 2. The van der Waals surface area contributed by atoms with Crippen LogP contribution < -0.4 is 5.32 Å². The van der Waals surface area contributed by atoms with Gasteiger partial charge in [-0.1, -0.05) is 6.07 Å². The van der Waals surface area contributed by atoms with Crippen LogP contribution in [0.25, 0.3) is 0 Å². The zero-order valence-corrected chi connectivity index (χ0v) is 12.0. The number of hydrogen-bond acceptors (Lipinski definition) is 3. The number of carbonyl (C=O) groups excluding carboxylic acids is 2. The van der Waals surface area contributed by atoms with Gasteiger partial charge in [0.05, 0.1) is 0 Å². The fourth-order valence-electron chi connectivity index (χ4n) is 1.88. The highest BCUT2D eigenvalue weighted by atomic mass is 32.1. The van der Waals surface area contributed by atoms with E-state index in [1.54, 1.807) is 23.8 Å². The van der Waals surface area contributed by atoms with Crippen LogP contribution in [0, 0.1) is 11.6 Å². The first-order valence-corrected chi connectivity index (χ1v) is 7.23. The first kappa shape index (κ1) is 15.3. The Morgan fingerprint density at radius 1 is 1.24 bits per heavy atom. The molecule has 0 fully saturated rings. The van der Waals surface area contributed by atoms with Crippen molar-refractivity contribution in [1.29, 1.82) is 0 Å². The van der Waals surface area contributed by atoms with E-state index >= 15 is 0 Å². The van der Waals surface area contributed by atoms with Crippen LogP contribution in [0.2, 0.25) is 0 Å². The number of thiophene rings is 1. The number of amides is 1. The molecular weight excluding hydrogens is 296 g/mol. The quantitative estimate of drug-likeness (QED) is 0.860. The summed E-state index contributed by atoms with van der Waals surface area (Å²) in [7, 11) is 0. The monoisotopic (exact) mass is 309 g/mol. The van der Waals surface area contributed by atoms with Crippen molar-refractivity contribution < 1.29 is 18.4 Å². The fraction of sp³-hybridized carbons (Fsp3) is 0.200. The first-order chi connectivity index (χ1) is 9.99. The molecule has 1 heterocycles. The largest absolute Gasteiger partial charge is 0.349 e. The molecule has 1 aromatic heterocycles. The van der Waals surface area contributed by atoms with Crippen molar-refractivity contribution in [2.75, 3.05) is 0 Å². The van der Waals surface area contributed by atoms with Gasteiger partial charge in [0.1, 0.15) is 17.2 Å². The Morgan fingerprint density at radius 3 is 2.48 bits per heavy atom. The van der Waals surface area contributed by atoms with Gasteiger partial charge >= 0.3 is 0 Å². The second kappa shape index (κ2) is 6.58. The van der Waals surface area contributed by atoms with Crippen LogP contribution in [0.3, 0.4) is 0 Å². The van der Waals surface area contributed by atoms with Gasteiger partial charge in [0, 0.05) is 23.4 Å². The lowest BCUT2D eigenvalue weighted by molar-refractivity contribution is 0.0912. The Hall–Kier alpha value is -2.08. The minimum absolute atomic E-state index is 0.0680. The van der Waals surface area contributed by atoms with Crippen molar-refractivity contribution in [3.05, 3.63) is 57.8 Å². The summed E-state index contributed by atoms with van der Waals surface area (Å²) in [6.45, 7) is 1.61. The summed E-state index contributed by atoms with van der Waals surface area (Å²) in [5, 5.41) is 5.93. The minimum atomic E-state index is -0.927. The summed E-state index contributed by atoms with van der Waals surface area (Å²) in [5.74, 6) is -2.85. The van der Waals surface area contributed by atoms with Crippen molar-refractivity contribution in [1.82, 2.24) is 5.32 Å². The lowest BCUT2D eigenvalue weighted by atomic mass is 10.1. The lowest BCUT2D eigenvalue weighted by Crippen LogP contribution is -2.35. The molecule has 6 heteroatoms. The molecule has 0 bridgehead atoms. The highest BCUT2D eigenvalue weighted by Gasteiger charge is 2.20. The molecule has 1 N–H and O–H groups in total. The summed E-state index contributed by atoms with van der Waals surface area (Å²) in [5.41, 5.74) is -0.0643. The van der Waals surface area contributed by atoms with Crippen molar-refractivity contribution in [2.45, 2.75) is 19.4 Å². The highest BCUT2D eigenvalue weighted by molar-refractivity contribution is 7.08. The standard InChI is InChI=1S/C15H13F2NO2S/c1-9(7-13(19)10-5-6-21-8-10)18-15(20)14-11(16)3-2-4-12(14)17/h2-6,8-9H,7H2,1H3,(H,18,20). The third-order valence-corrected chi connectivity index (χ3v) is 3.59. The van der Waals surface area contributed by atoms with Crippen molar-refractivity contribution in [2.24, 2.45) is 0 Å². The molecule has 0 radical (unpaired) electrons. The van der Waals surface area contributed by atoms with E-state index in [2.05, 4.69) is 5.32 Å². The summed E-state index contributed by atoms with van der Waals surface area (Å²) in [6, 6.07) is 4.38. The van der Waals surface area contributed by atoms with Crippen LogP contribution in [0.15, 0.2) is 35.0 Å². The third kappa shape index (κ3) is 3.72. The molecule has 2 aromatic rings. The number of rotatable bonds is 5. The molecule has 1 atom stereocenters. The number of nitrogens with one attached hydrogen (secondary N) is 1.